The molecule has 0 radical (unpaired) electrons. The van der Waals surface area contributed by atoms with E-state index in [0.717, 1.165) is 19.3 Å². The highest BCUT2D eigenvalue weighted by atomic mass is 16.2. The number of aromatic nitrogens is 1. The van der Waals surface area contributed by atoms with Crippen molar-refractivity contribution >= 4 is 17.7 Å². The summed E-state index contributed by atoms with van der Waals surface area (Å²) < 4.78 is 0. The van der Waals surface area contributed by atoms with E-state index in [9.17, 15) is 14.4 Å². The molecule has 1 aromatic heterocycles. The number of amides is 3. The lowest BCUT2D eigenvalue weighted by molar-refractivity contribution is -0.148. The third-order valence-corrected chi connectivity index (χ3v) is 6.50. The van der Waals surface area contributed by atoms with E-state index in [-0.39, 0.29) is 11.3 Å². The fourth-order valence-electron chi connectivity index (χ4n) is 5.61. The van der Waals surface area contributed by atoms with Gasteiger partial charge >= 0.3 is 0 Å². The molecule has 27 heavy (non-hydrogen) atoms. The van der Waals surface area contributed by atoms with Crippen LogP contribution in [0.1, 0.15) is 55.8 Å². The first-order valence-electron chi connectivity index (χ1n) is 9.76. The molecule has 1 aromatic rings. The Morgan fingerprint density at radius 1 is 1.00 bits per heavy atom. The van der Waals surface area contributed by atoms with E-state index in [1.54, 1.807) is 19.1 Å². The summed E-state index contributed by atoms with van der Waals surface area (Å²) in [5.41, 5.74) is 4.87. The maximum Gasteiger partial charge on any atom is 0.269 e. The van der Waals surface area contributed by atoms with Crippen LogP contribution in [-0.4, -0.2) is 28.7 Å². The van der Waals surface area contributed by atoms with Crippen LogP contribution >= 0.6 is 0 Å². The molecule has 1 atom stereocenters. The van der Waals surface area contributed by atoms with Crippen molar-refractivity contribution in [1.29, 1.82) is 0 Å². The summed E-state index contributed by atoms with van der Waals surface area (Å²) >= 11 is 0. The Labute approximate surface area is 158 Å². The van der Waals surface area contributed by atoms with Gasteiger partial charge in [-0.25, -0.2) is 0 Å². The molecule has 7 heteroatoms. The van der Waals surface area contributed by atoms with Crippen LogP contribution in [0.5, 0.6) is 0 Å². The van der Waals surface area contributed by atoms with Gasteiger partial charge < -0.3 is 5.32 Å². The lowest BCUT2D eigenvalue weighted by Crippen LogP contribution is -2.57. The number of pyridine rings is 1. The van der Waals surface area contributed by atoms with Crippen LogP contribution in [0.3, 0.4) is 0 Å². The van der Waals surface area contributed by atoms with Crippen LogP contribution in [-0.2, 0) is 9.59 Å². The molecule has 4 fully saturated rings. The molecule has 0 spiro atoms. The number of hydrazine groups is 1. The lowest BCUT2D eigenvalue weighted by Gasteiger charge is -2.55. The third kappa shape index (κ3) is 3.55. The first-order valence-corrected chi connectivity index (χ1v) is 9.76. The van der Waals surface area contributed by atoms with Crippen molar-refractivity contribution in [3.63, 3.8) is 0 Å². The maximum atomic E-state index is 13.0. The molecule has 0 unspecified atom stereocenters. The third-order valence-electron chi connectivity index (χ3n) is 6.50. The summed E-state index contributed by atoms with van der Waals surface area (Å²) in [6.45, 7) is 1.65. The zero-order valence-corrected chi connectivity index (χ0v) is 15.5. The van der Waals surface area contributed by atoms with Crippen LogP contribution in [0.25, 0.3) is 0 Å². The largest absolute Gasteiger partial charge is 0.344 e. The quantitative estimate of drug-likeness (QED) is 0.700. The molecule has 7 nitrogen and oxygen atoms in total. The van der Waals surface area contributed by atoms with Crippen LogP contribution in [0, 0.1) is 23.2 Å². The summed E-state index contributed by atoms with van der Waals surface area (Å²) in [4.78, 5) is 41.1. The van der Waals surface area contributed by atoms with Crippen molar-refractivity contribution in [1.82, 2.24) is 21.2 Å². The number of nitrogens with one attached hydrogen (secondary N) is 3. The smallest absolute Gasteiger partial charge is 0.269 e. The maximum absolute atomic E-state index is 13.0. The first kappa shape index (κ1) is 17.9. The van der Waals surface area contributed by atoms with Gasteiger partial charge in [-0.2, -0.15) is 0 Å². The highest BCUT2D eigenvalue weighted by Gasteiger charge is 2.54. The molecule has 4 aliphatic carbocycles. The van der Waals surface area contributed by atoms with Gasteiger partial charge in [-0.3, -0.25) is 30.2 Å². The summed E-state index contributed by atoms with van der Waals surface area (Å²) in [5.74, 6) is 1.16. The second kappa shape index (κ2) is 6.94. The minimum Gasteiger partial charge on any atom is -0.344 e. The van der Waals surface area contributed by atoms with E-state index in [2.05, 4.69) is 21.2 Å². The van der Waals surface area contributed by atoms with E-state index in [1.807, 2.05) is 0 Å². The van der Waals surface area contributed by atoms with Gasteiger partial charge in [0.25, 0.3) is 11.8 Å². The minimum atomic E-state index is -0.705. The van der Waals surface area contributed by atoms with Crippen molar-refractivity contribution in [2.45, 2.75) is 51.5 Å². The monoisotopic (exact) mass is 370 g/mol. The summed E-state index contributed by atoms with van der Waals surface area (Å²) in [6, 6.07) is 2.41. The van der Waals surface area contributed by atoms with Crippen LogP contribution < -0.4 is 16.2 Å². The van der Waals surface area contributed by atoms with Crippen molar-refractivity contribution in [2.75, 3.05) is 0 Å². The molecule has 3 amide bonds. The molecule has 0 aromatic carbocycles. The normalized spacial score (nSPS) is 31.8. The number of nitrogens with zero attached hydrogens (tertiary/aromatic N) is 1. The van der Waals surface area contributed by atoms with Crippen LogP contribution in [0.2, 0.25) is 0 Å². The first-order chi connectivity index (χ1) is 12.9. The molecular formula is C20H26N4O3. The number of rotatable bonds is 4. The fourth-order valence-corrected chi connectivity index (χ4v) is 5.61. The van der Waals surface area contributed by atoms with Gasteiger partial charge in [-0.1, -0.05) is 0 Å². The molecule has 0 saturated heterocycles. The minimum absolute atomic E-state index is 0.00436. The van der Waals surface area contributed by atoms with Gasteiger partial charge in [-0.15, -0.1) is 0 Å². The zero-order chi connectivity index (χ0) is 19.0. The molecule has 3 N–H and O–H groups in total. The molecule has 5 rings (SSSR count). The van der Waals surface area contributed by atoms with E-state index in [4.69, 9.17) is 0 Å². The van der Waals surface area contributed by atoms with Gasteiger partial charge in [0.2, 0.25) is 5.91 Å². The predicted molar refractivity (Wildman–Crippen MR) is 98.1 cm³/mol. The lowest BCUT2D eigenvalue weighted by atomic mass is 9.49. The van der Waals surface area contributed by atoms with Gasteiger partial charge in [0.15, 0.2) is 0 Å². The molecule has 0 aliphatic heterocycles. The highest BCUT2D eigenvalue weighted by Crippen LogP contribution is 2.60. The average Bonchev–Trinajstić information content (AvgIpc) is 2.65. The number of carbonyl (C=O) groups is 3. The van der Waals surface area contributed by atoms with E-state index < -0.39 is 17.9 Å². The van der Waals surface area contributed by atoms with E-state index >= 15 is 0 Å². The summed E-state index contributed by atoms with van der Waals surface area (Å²) in [7, 11) is 0. The fraction of sp³-hybridized carbons (Fsp3) is 0.600. The van der Waals surface area contributed by atoms with Gasteiger partial charge in [0.05, 0.1) is 0 Å². The Kier molecular flexibility index (Phi) is 4.61. The second-order valence-corrected chi connectivity index (χ2v) is 8.57. The highest BCUT2D eigenvalue weighted by molar-refractivity contribution is 5.96. The average molecular weight is 370 g/mol. The Morgan fingerprint density at radius 3 is 2.11 bits per heavy atom. The van der Waals surface area contributed by atoms with Gasteiger partial charge in [0, 0.05) is 23.4 Å². The summed E-state index contributed by atoms with van der Waals surface area (Å²) in [5, 5.41) is 2.89. The van der Waals surface area contributed by atoms with Crippen molar-refractivity contribution in [3.8, 4) is 0 Å². The van der Waals surface area contributed by atoms with E-state index in [1.165, 1.54) is 31.7 Å². The Balaban J connectivity index is 1.31. The SMILES string of the molecule is C[C@H](NC(=O)C12CC3CC(CC(C3)C1)C2)C(=O)NNC(=O)c1ccncc1. The Morgan fingerprint density at radius 2 is 1.56 bits per heavy atom. The number of hydrogen-bond acceptors (Lipinski definition) is 4. The van der Waals surface area contributed by atoms with Gasteiger partial charge in [-0.05, 0) is 75.3 Å². The topological polar surface area (TPSA) is 100 Å². The standard InChI is InChI=1S/C20H26N4O3/c1-12(17(25)23-24-18(26)16-2-4-21-5-3-16)22-19(27)20-9-13-6-14(10-20)8-15(7-13)11-20/h2-5,12-15H,6-11H2,1H3,(H,22,27)(H,23,25)(H,24,26)/t12-,13?,14?,15?,20?/m0/s1. The molecule has 4 bridgehead atoms. The van der Waals surface area contributed by atoms with Crippen LogP contribution in [0.4, 0.5) is 0 Å². The Hall–Kier alpha value is -2.44. The molecule has 144 valence electrons. The molecule has 1 heterocycles. The zero-order valence-electron chi connectivity index (χ0n) is 15.5. The van der Waals surface area contributed by atoms with Crippen molar-refractivity contribution in [2.24, 2.45) is 23.2 Å². The number of hydrogen-bond donors (Lipinski definition) is 3. The molecular weight excluding hydrogens is 344 g/mol. The summed E-state index contributed by atoms with van der Waals surface area (Å²) in [6.07, 6.45) is 9.68. The Bertz CT molecular complexity index is 714. The van der Waals surface area contributed by atoms with E-state index in [0.29, 0.717) is 23.3 Å². The van der Waals surface area contributed by atoms with Crippen molar-refractivity contribution < 1.29 is 14.4 Å². The van der Waals surface area contributed by atoms with Gasteiger partial charge in [0.1, 0.15) is 6.04 Å². The number of carbonyl (C=O) groups excluding carboxylic acids is 3. The molecule has 4 saturated carbocycles. The molecule has 4 aliphatic rings. The van der Waals surface area contributed by atoms with Crippen molar-refractivity contribution in [3.05, 3.63) is 30.1 Å². The second-order valence-electron chi connectivity index (χ2n) is 8.57. The predicted octanol–water partition coefficient (Wildman–Crippen LogP) is 1.56. The van der Waals surface area contributed by atoms with Crippen LogP contribution in [0.15, 0.2) is 24.5 Å².